The Kier molecular flexibility index (Phi) is 11.4. The van der Waals surface area contributed by atoms with Crippen molar-refractivity contribution in [2.75, 3.05) is 22.1 Å². The van der Waals surface area contributed by atoms with Crippen LogP contribution >= 0.6 is 0 Å². The normalized spacial score (nSPS) is 11.4. The van der Waals surface area contributed by atoms with Crippen LogP contribution < -0.4 is 31.2 Å². The maximum Gasteiger partial charge on any atom is 0.196 e. The number of nitrogens with two attached hydrogens (primary N) is 2. The molecule has 54 heavy (non-hydrogen) atoms. The zero-order chi connectivity index (χ0) is 37.0. The van der Waals surface area contributed by atoms with Gasteiger partial charge in [0.2, 0.25) is 0 Å². The van der Waals surface area contributed by atoms with Gasteiger partial charge in [-0.05, 0) is 109 Å². The lowest BCUT2D eigenvalue weighted by molar-refractivity contribution is -0.697. The van der Waals surface area contributed by atoms with Crippen molar-refractivity contribution < 1.29 is 9.13 Å². The molecule has 0 saturated heterocycles. The van der Waals surface area contributed by atoms with Gasteiger partial charge in [0.05, 0.1) is 11.4 Å². The monoisotopic (exact) mass is 716 g/mol. The molecule has 3 aromatic heterocycles. The van der Waals surface area contributed by atoms with E-state index in [-0.39, 0.29) is 0 Å². The molecule has 0 aliphatic rings. The van der Waals surface area contributed by atoms with Crippen molar-refractivity contribution in [3.05, 3.63) is 159 Å². The van der Waals surface area contributed by atoms with Crippen molar-refractivity contribution in [2.45, 2.75) is 39.0 Å². The predicted molar refractivity (Wildman–Crippen MR) is 214 cm³/mol. The van der Waals surface area contributed by atoms with Gasteiger partial charge in [-0.3, -0.25) is 9.36 Å². The van der Waals surface area contributed by atoms with E-state index in [0.717, 1.165) is 95.9 Å². The summed E-state index contributed by atoms with van der Waals surface area (Å²) in [5.74, 6) is 0. The molecule has 6 N–H and O–H groups in total. The van der Waals surface area contributed by atoms with Crippen LogP contribution in [0.15, 0.2) is 179 Å². The Bertz CT molecular complexity index is 2120. The first-order valence-corrected chi connectivity index (χ1v) is 18.0. The number of nitrogens with zero attached hydrogens (tertiary/aromatic N) is 8. The highest BCUT2D eigenvalue weighted by Gasteiger charge is 2.08. The summed E-state index contributed by atoms with van der Waals surface area (Å²) in [5.41, 5.74) is 20.1. The van der Waals surface area contributed by atoms with Gasteiger partial charge in [0.1, 0.15) is 24.5 Å². The van der Waals surface area contributed by atoms with E-state index in [1.54, 1.807) is 0 Å². The van der Waals surface area contributed by atoms with E-state index in [2.05, 4.69) is 74.4 Å². The van der Waals surface area contributed by atoms with Crippen molar-refractivity contribution in [1.82, 2.24) is 9.36 Å². The minimum absolute atomic E-state index is 0.740. The van der Waals surface area contributed by atoms with E-state index >= 15 is 0 Å². The van der Waals surface area contributed by atoms with Crippen LogP contribution in [0.2, 0.25) is 0 Å². The molecular formula is C42H44N12+2. The zero-order valence-electron chi connectivity index (χ0n) is 30.0. The Morgan fingerprint density at radius 1 is 0.444 bits per heavy atom. The van der Waals surface area contributed by atoms with Crippen LogP contribution in [0.5, 0.6) is 0 Å². The fourth-order valence-electron chi connectivity index (χ4n) is 5.82. The van der Waals surface area contributed by atoms with Gasteiger partial charge in [-0.15, -0.1) is 10.2 Å². The number of nitrogens with one attached hydrogen (secondary N) is 2. The van der Waals surface area contributed by atoms with E-state index in [4.69, 9.17) is 11.5 Å². The fourth-order valence-corrected chi connectivity index (χ4v) is 5.82. The second kappa shape index (κ2) is 17.4. The van der Waals surface area contributed by atoms with Gasteiger partial charge in [0.25, 0.3) is 0 Å². The summed E-state index contributed by atoms with van der Waals surface area (Å²) < 4.78 is 8.89. The van der Waals surface area contributed by atoms with E-state index < -0.39 is 0 Å². The highest BCUT2D eigenvalue weighted by molar-refractivity contribution is 5.64. The molecule has 0 radical (unpaired) electrons. The molecule has 0 saturated carbocycles. The number of pyridine rings is 2. The molecule has 0 unspecified atom stereocenters. The number of azo groups is 2. The molecule has 0 bridgehead atoms. The molecule has 7 aromatic rings. The average Bonchev–Trinajstić information content (AvgIpc) is 3.19. The highest BCUT2D eigenvalue weighted by Crippen LogP contribution is 2.24. The first-order valence-electron chi connectivity index (χ1n) is 18.0. The van der Waals surface area contributed by atoms with Crippen LogP contribution in [0.25, 0.3) is 0 Å². The van der Waals surface area contributed by atoms with Gasteiger partial charge < -0.3 is 22.1 Å². The average molecular weight is 717 g/mol. The number of aryl methyl sites for hydroxylation is 4. The van der Waals surface area contributed by atoms with Crippen molar-refractivity contribution >= 4 is 56.9 Å². The molecule has 7 rings (SSSR count). The number of benzene rings is 4. The number of hydrogen-bond acceptors (Lipinski definition) is 8. The van der Waals surface area contributed by atoms with E-state index in [1.807, 2.05) is 134 Å². The smallest absolute Gasteiger partial charge is 0.196 e. The third-order valence-corrected chi connectivity index (χ3v) is 8.73. The van der Waals surface area contributed by atoms with Gasteiger partial charge >= 0.3 is 0 Å². The Morgan fingerprint density at radius 2 is 0.796 bits per heavy atom. The van der Waals surface area contributed by atoms with Crippen LogP contribution in [-0.2, 0) is 26.2 Å². The first-order chi connectivity index (χ1) is 26.5. The largest absolute Gasteiger partial charge is 0.399 e. The summed E-state index contributed by atoms with van der Waals surface area (Å²) in [4.78, 5) is 0. The Labute approximate surface area is 314 Å². The second-order valence-corrected chi connectivity index (χ2v) is 12.9. The zero-order valence-corrected chi connectivity index (χ0v) is 30.0. The number of nitrogen functional groups attached to an aromatic ring is 2. The van der Waals surface area contributed by atoms with Gasteiger partial charge in [0.15, 0.2) is 24.8 Å². The van der Waals surface area contributed by atoms with Gasteiger partial charge in [-0.25, -0.2) is 9.13 Å². The minimum Gasteiger partial charge on any atom is -0.399 e. The quantitative estimate of drug-likeness (QED) is 0.0449. The lowest BCUT2D eigenvalue weighted by atomic mass is 10.2. The molecule has 0 atom stereocenters. The van der Waals surface area contributed by atoms with Gasteiger partial charge in [-0.1, -0.05) is 0 Å². The van der Waals surface area contributed by atoms with Crippen LogP contribution in [0.3, 0.4) is 0 Å². The van der Waals surface area contributed by atoms with Crippen LogP contribution in [0.1, 0.15) is 12.8 Å². The van der Waals surface area contributed by atoms with Crippen LogP contribution in [-0.4, -0.2) is 9.36 Å². The Balaban J connectivity index is 0.827. The summed E-state index contributed by atoms with van der Waals surface area (Å²) in [6.45, 7) is 3.64. The topological polar surface area (TPSA) is 143 Å². The number of hydrogen-bond donors (Lipinski definition) is 4. The fraction of sp³-hybridized carbons (Fsp3) is 0.143. The standard InChI is InChI=1S/C42H44N12/c43-33-7-11-35(12-8-33)45-37-15-19-39(20-16-37)47-49-41-5-1-23-51(31-41)25-3-27-53-29-30-54(53)28-4-26-52-24-2-6-42(32-52)50-48-40-21-17-38(18-22-40)46-36-13-9-34(44)10-14-36/h1-2,5-24,29-32,45-46H,3-4,25-28,43-44H2/q+2. The Hall–Kier alpha value is -7.08. The molecule has 0 fully saturated rings. The Morgan fingerprint density at radius 3 is 1.17 bits per heavy atom. The van der Waals surface area contributed by atoms with Crippen LogP contribution in [0.4, 0.5) is 56.9 Å². The molecule has 12 heteroatoms. The van der Waals surface area contributed by atoms with E-state index in [0.29, 0.717) is 0 Å². The van der Waals surface area contributed by atoms with Gasteiger partial charge in [-0.2, -0.15) is 10.2 Å². The second-order valence-electron chi connectivity index (χ2n) is 12.9. The predicted octanol–water partition coefficient (Wildman–Crippen LogP) is 9.53. The first kappa shape index (κ1) is 35.3. The number of aromatic nitrogens is 4. The van der Waals surface area contributed by atoms with Crippen molar-refractivity contribution in [3.63, 3.8) is 0 Å². The number of rotatable bonds is 16. The molecule has 0 aliphatic heterocycles. The third-order valence-electron chi connectivity index (χ3n) is 8.73. The molecular weight excluding hydrogens is 673 g/mol. The molecule has 12 nitrogen and oxygen atoms in total. The summed E-state index contributed by atoms with van der Waals surface area (Å²) in [6.07, 6.45) is 14.5. The molecule has 4 aromatic carbocycles. The van der Waals surface area contributed by atoms with E-state index in [9.17, 15) is 0 Å². The molecule has 3 heterocycles. The molecule has 0 aliphatic carbocycles. The third kappa shape index (κ3) is 10.3. The molecule has 270 valence electrons. The SMILES string of the molecule is Nc1ccc(Nc2ccc(N=Nc3ccc[n+](CCCn4ccn4CCC[n+]4cccc(N=Nc5ccc(Nc6ccc(N)cc6)cc5)c4)c3)cc2)cc1. The maximum absolute atomic E-state index is 5.78. The minimum atomic E-state index is 0.740. The summed E-state index contributed by atoms with van der Waals surface area (Å²) in [5, 5.41) is 24.5. The summed E-state index contributed by atoms with van der Waals surface area (Å²) >= 11 is 0. The van der Waals surface area contributed by atoms with Crippen molar-refractivity contribution in [2.24, 2.45) is 20.5 Å². The van der Waals surface area contributed by atoms with Crippen LogP contribution in [0, 0.1) is 0 Å². The van der Waals surface area contributed by atoms with E-state index in [1.165, 1.54) is 0 Å². The summed E-state index contributed by atoms with van der Waals surface area (Å²) in [6, 6.07) is 39.0. The van der Waals surface area contributed by atoms with Gasteiger partial charge in [0, 0.05) is 84.6 Å². The molecule has 0 spiro atoms. The lowest BCUT2D eigenvalue weighted by Gasteiger charge is -2.20. The summed E-state index contributed by atoms with van der Waals surface area (Å²) in [7, 11) is 0. The maximum atomic E-state index is 5.78. The van der Waals surface area contributed by atoms with Crippen molar-refractivity contribution in [1.29, 1.82) is 0 Å². The number of anilines is 6. The lowest BCUT2D eigenvalue weighted by Crippen LogP contribution is -2.34. The highest BCUT2D eigenvalue weighted by atomic mass is 15.4. The molecule has 0 amide bonds. The van der Waals surface area contributed by atoms with Crippen molar-refractivity contribution in [3.8, 4) is 0 Å².